The van der Waals surface area contributed by atoms with Gasteiger partial charge >= 0.3 is 0 Å². The van der Waals surface area contributed by atoms with Gasteiger partial charge in [-0.1, -0.05) is 18.2 Å². The number of nitrogens with one attached hydrogen (secondary N) is 1. The number of benzene rings is 1. The summed E-state index contributed by atoms with van der Waals surface area (Å²) in [6.07, 6.45) is -8.78. The minimum absolute atomic E-state index is 0.0228. The van der Waals surface area contributed by atoms with Crippen LogP contribution >= 0.6 is 0 Å². The van der Waals surface area contributed by atoms with Crippen LogP contribution in [-0.4, -0.2) is 112 Å². The molecule has 0 saturated carbocycles. The number of nitrogens with zero attached hydrogens (tertiary/aromatic N) is 4. The topological polar surface area (TPSA) is 213 Å². The fourth-order valence-corrected chi connectivity index (χ4v) is 4.67. The third-order valence-corrected chi connectivity index (χ3v) is 6.53. The van der Waals surface area contributed by atoms with Crippen molar-refractivity contribution in [2.24, 2.45) is 0 Å². The van der Waals surface area contributed by atoms with Crippen LogP contribution in [0.3, 0.4) is 0 Å². The van der Waals surface area contributed by atoms with Crippen LogP contribution in [0.15, 0.2) is 43.0 Å². The van der Waals surface area contributed by atoms with Crippen LogP contribution in [0.2, 0.25) is 0 Å². The van der Waals surface area contributed by atoms with Crippen LogP contribution in [0, 0.1) is 0 Å². The zero-order chi connectivity index (χ0) is 25.6. The van der Waals surface area contributed by atoms with Gasteiger partial charge in [0.2, 0.25) is 5.72 Å². The molecular formula is C22H25N5O9. The molecule has 2 aliphatic rings. The number of carbonyl (C=O) groups is 1. The van der Waals surface area contributed by atoms with Gasteiger partial charge in [0.05, 0.1) is 19.5 Å². The zero-order valence-corrected chi connectivity index (χ0v) is 18.7. The number of amides is 1. The number of anilines is 1. The molecule has 14 nitrogen and oxygen atoms in total. The van der Waals surface area contributed by atoms with Crippen molar-refractivity contribution in [2.45, 2.75) is 48.5 Å². The second kappa shape index (κ2) is 9.42. The second-order valence-electron chi connectivity index (χ2n) is 8.66. The minimum Gasteiger partial charge on any atom is -0.394 e. The summed E-state index contributed by atoms with van der Waals surface area (Å²) in [5.74, 6) is -0.425. The summed E-state index contributed by atoms with van der Waals surface area (Å²) < 4.78 is 12.7. The molecule has 5 rings (SSSR count). The third-order valence-electron chi connectivity index (χ3n) is 6.53. The Morgan fingerprint density at radius 3 is 2.50 bits per heavy atom. The molecule has 2 fully saturated rings. The molecule has 192 valence electrons. The SMILES string of the molecule is O=C(Nc1ncnc2c1ncn2[C@]1(C2OC[C@@H](O)[C@@H](O)[C@H]2O)O[C@H](CO)[C@@H](O)[C@H]1O)c1ccccc1. The van der Waals surface area contributed by atoms with Crippen LogP contribution < -0.4 is 5.32 Å². The van der Waals surface area contributed by atoms with Crippen LogP contribution in [0.1, 0.15) is 10.4 Å². The molecule has 1 unspecified atom stereocenters. The maximum atomic E-state index is 12.7. The first kappa shape index (κ1) is 24.6. The van der Waals surface area contributed by atoms with Gasteiger partial charge in [0.15, 0.2) is 17.0 Å². The van der Waals surface area contributed by atoms with E-state index in [0.717, 1.165) is 6.33 Å². The summed E-state index contributed by atoms with van der Waals surface area (Å²) in [7, 11) is 0. The summed E-state index contributed by atoms with van der Waals surface area (Å²) >= 11 is 0. The van der Waals surface area contributed by atoms with Gasteiger partial charge in [-0.2, -0.15) is 0 Å². The summed E-state index contributed by atoms with van der Waals surface area (Å²) in [6.45, 7) is -1.10. The number of fused-ring (bicyclic) bond motifs is 1. The van der Waals surface area contributed by atoms with Crippen LogP contribution in [0.25, 0.3) is 11.2 Å². The van der Waals surface area contributed by atoms with Crippen molar-refractivity contribution in [3.05, 3.63) is 48.5 Å². The van der Waals surface area contributed by atoms with E-state index in [2.05, 4.69) is 20.3 Å². The van der Waals surface area contributed by atoms with Gasteiger partial charge in [-0.25, -0.2) is 15.0 Å². The van der Waals surface area contributed by atoms with E-state index in [1.54, 1.807) is 30.3 Å². The van der Waals surface area contributed by atoms with Crippen LogP contribution in [-0.2, 0) is 15.2 Å². The number of imidazole rings is 1. The van der Waals surface area contributed by atoms with Crippen LogP contribution in [0.5, 0.6) is 0 Å². The maximum Gasteiger partial charge on any atom is 0.256 e. The number of aliphatic hydroxyl groups is 6. The number of hydrogen-bond acceptors (Lipinski definition) is 12. The van der Waals surface area contributed by atoms with Gasteiger partial charge in [0.1, 0.15) is 49.1 Å². The predicted octanol–water partition coefficient (Wildman–Crippen LogP) is -2.67. The lowest BCUT2D eigenvalue weighted by Gasteiger charge is -2.46. The first-order chi connectivity index (χ1) is 17.3. The van der Waals surface area contributed by atoms with E-state index >= 15 is 0 Å². The molecule has 1 aromatic carbocycles. The number of hydrogen-bond donors (Lipinski definition) is 7. The van der Waals surface area contributed by atoms with Crippen molar-refractivity contribution in [2.75, 3.05) is 18.5 Å². The smallest absolute Gasteiger partial charge is 0.256 e. The number of aliphatic hydroxyl groups excluding tert-OH is 6. The third kappa shape index (κ3) is 3.75. The Morgan fingerprint density at radius 1 is 1.06 bits per heavy atom. The van der Waals surface area contributed by atoms with E-state index in [4.69, 9.17) is 9.47 Å². The molecule has 0 aliphatic carbocycles. The Kier molecular flexibility index (Phi) is 6.44. The molecule has 2 saturated heterocycles. The van der Waals surface area contributed by atoms with Crippen molar-refractivity contribution >= 4 is 22.9 Å². The van der Waals surface area contributed by atoms with Gasteiger partial charge in [-0.05, 0) is 12.1 Å². The van der Waals surface area contributed by atoms with Gasteiger partial charge in [-0.15, -0.1) is 0 Å². The molecule has 2 aliphatic heterocycles. The molecule has 3 aromatic rings. The number of rotatable bonds is 5. The average molecular weight is 503 g/mol. The molecular weight excluding hydrogens is 478 g/mol. The van der Waals surface area contributed by atoms with E-state index in [0.29, 0.717) is 5.56 Å². The minimum atomic E-state index is -2.14. The van der Waals surface area contributed by atoms with Gasteiger partial charge < -0.3 is 45.4 Å². The lowest BCUT2D eigenvalue weighted by molar-refractivity contribution is -0.286. The van der Waals surface area contributed by atoms with E-state index < -0.39 is 67.6 Å². The van der Waals surface area contributed by atoms with Crippen LogP contribution in [0.4, 0.5) is 5.82 Å². The lowest BCUT2D eigenvalue weighted by Crippen LogP contribution is -2.65. The van der Waals surface area contributed by atoms with Gasteiger partial charge in [0, 0.05) is 5.56 Å². The zero-order valence-electron chi connectivity index (χ0n) is 18.7. The van der Waals surface area contributed by atoms with E-state index in [1.807, 2.05) is 0 Å². The molecule has 0 spiro atoms. The molecule has 4 heterocycles. The highest BCUT2D eigenvalue weighted by Crippen LogP contribution is 2.44. The average Bonchev–Trinajstić information content (AvgIpc) is 3.44. The second-order valence-corrected chi connectivity index (χ2v) is 8.66. The molecule has 0 radical (unpaired) electrons. The van der Waals surface area contributed by atoms with E-state index in [-0.39, 0.29) is 17.0 Å². The Labute approximate surface area is 203 Å². The Morgan fingerprint density at radius 2 is 1.81 bits per heavy atom. The van der Waals surface area contributed by atoms with Crippen molar-refractivity contribution in [1.29, 1.82) is 0 Å². The molecule has 7 N–H and O–H groups in total. The Bertz CT molecular complexity index is 1240. The largest absolute Gasteiger partial charge is 0.394 e. The fraction of sp³-hybridized carbons (Fsp3) is 0.455. The standard InChI is InChI=1S/C22H25N5O9/c28-6-12-15(31)17(33)22(36-12,18-16(32)14(30)11(29)7-35-18)27-9-25-13-19(23-8-24-20(13)27)26-21(34)10-4-2-1-3-5-10/h1-5,8-9,11-12,14-18,28-33H,6-7H2,(H,23,24,26,34)/t11-,12-,14-,15-,16-,17-,18?,22+/m1/s1. The highest BCUT2D eigenvalue weighted by molar-refractivity contribution is 6.06. The fourth-order valence-electron chi connectivity index (χ4n) is 4.67. The highest BCUT2D eigenvalue weighted by atomic mass is 16.6. The molecule has 0 bridgehead atoms. The number of aromatic nitrogens is 4. The Balaban J connectivity index is 1.61. The molecule has 2 aromatic heterocycles. The molecule has 1 amide bonds. The predicted molar refractivity (Wildman–Crippen MR) is 119 cm³/mol. The molecule has 8 atom stereocenters. The highest BCUT2D eigenvalue weighted by Gasteiger charge is 2.64. The van der Waals surface area contributed by atoms with E-state index in [1.165, 1.54) is 10.9 Å². The van der Waals surface area contributed by atoms with Crippen molar-refractivity contribution in [3.63, 3.8) is 0 Å². The molecule has 14 heteroatoms. The van der Waals surface area contributed by atoms with Gasteiger partial charge in [-0.3, -0.25) is 9.36 Å². The quantitative estimate of drug-likeness (QED) is 0.190. The van der Waals surface area contributed by atoms with E-state index in [9.17, 15) is 35.4 Å². The van der Waals surface area contributed by atoms with Crippen molar-refractivity contribution in [3.8, 4) is 0 Å². The van der Waals surface area contributed by atoms with Gasteiger partial charge in [0.25, 0.3) is 5.91 Å². The monoisotopic (exact) mass is 503 g/mol. The summed E-state index contributed by atoms with van der Waals surface area (Å²) in [4.78, 5) is 25.2. The molecule has 36 heavy (non-hydrogen) atoms. The summed E-state index contributed by atoms with van der Waals surface area (Å²) in [6, 6.07) is 8.39. The summed E-state index contributed by atoms with van der Waals surface area (Å²) in [5, 5.41) is 65.1. The number of carbonyl (C=O) groups excluding carboxylic acids is 1. The number of ether oxygens (including phenoxy) is 2. The first-order valence-corrected chi connectivity index (χ1v) is 11.1. The maximum absolute atomic E-state index is 12.7. The summed E-state index contributed by atoms with van der Waals surface area (Å²) in [5.41, 5.74) is -1.66. The Hall–Kier alpha value is -3.08. The van der Waals surface area contributed by atoms with Crippen molar-refractivity contribution in [1.82, 2.24) is 19.5 Å². The van der Waals surface area contributed by atoms with Crippen molar-refractivity contribution < 1.29 is 44.9 Å². The lowest BCUT2D eigenvalue weighted by atomic mass is 9.87. The first-order valence-electron chi connectivity index (χ1n) is 11.1. The normalized spacial score (nSPS) is 34.7.